The maximum absolute atomic E-state index is 6.10. The number of hydrogen-bond acceptors (Lipinski definition) is 9. The van der Waals surface area contributed by atoms with Gasteiger partial charge in [-0.15, -0.1) is 20.4 Å². The first-order chi connectivity index (χ1) is 13.2. The van der Waals surface area contributed by atoms with Crippen LogP contribution in [-0.2, 0) is 5.75 Å². The number of thioether (sulfide) groups is 1. The predicted molar refractivity (Wildman–Crippen MR) is 98.5 cm³/mol. The second-order valence-electron chi connectivity index (χ2n) is 5.58. The van der Waals surface area contributed by atoms with E-state index < -0.39 is 0 Å². The van der Waals surface area contributed by atoms with Crippen LogP contribution in [0.15, 0.2) is 50.6 Å². The van der Waals surface area contributed by atoms with Crippen molar-refractivity contribution in [3.05, 3.63) is 48.2 Å². The summed E-state index contributed by atoms with van der Waals surface area (Å²) in [6, 6.07) is 9.20. The summed E-state index contributed by atoms with van der Waals surface area (Å²) in [6.45, 7) is 1.84. The van der Waals surface area contributed by atoms with Gasteiger partial charge in [0.05, 0.1) is 24.7 Å². The standard InChI is InChI=1S/C17H16N6O3S/c1-10-13(7-8-25-10)15-20-22-17(23(15)18)27-9-14-19-21-16(26-14)11-3-5-12(24-2)6-4-11/h3-8H,9,18H2,1-2H3. The molecule has 0 spiro atoms. The van der Waals surface area contributed by atoms with E-state index in [1.54, 1.807) is 19.4 Å². The molecule has 0 radical (unpaired) electrons. The van der Waals surface area contributed by atoms with Crippen molar-refractivity contribution in [2.45, 2.75) is 17.8 Å². The topological polar surface area (TPSA) is 118 Å². The molecule has 1 aromatic carbocycles. The van der Waals surface area contributed by atoms with Crippen LogP contribution >= 0.6 is 11.8 Å². The summed E-state index contributed by atoms with van der Waals surface area (Å²) in [6.07, 6.45) is 1.59. The van der Waals surface area contributed by atoms with Gasteiger partial charge in [0.15, 0.2) is 5.82 Å². The zero-order chi connectivity index (χ0) is 18.8. The number of nitrogens with zero attached hydrogens (tertiary/aromatic N) is 5. The van der Waals surface area contributed by atoms with E-state index in [1.807, 2.05) is 31.2 Å². The Bertz CT molecular complexity index is 1050. The Morgan fingerprint density at radius 2 is 1.93 bits per heavy atom. The van der Waals surface area contributed by atoms with Crippen molar-refractivity contribution in [2.24, 2.45) is 0 Å². The van der Waals surface area contributed by atoms with Gasteiger partial charge in [0.25, 0.3) is 0 Å². The highest BCUT2D eigenvalue weighted by molar-refractivity contribution is 7.98. The third-order valence-corrected chi connectivity index (χ3v) is 4.82. The van der Waals surface area contributed by atoms with Gasteiger partial charge in [-0.1, -0.05) is 11.8 Å². The van der Waals surface area contributed by atoms with Crippen LogP contribution in [0.5, 0.6) is 5.75 Å². The molecule has 0 atom stereocenters. The molecular weight excluding hydrogens is 368 g/mol. The number of aromatic nitrogens is 5. The van der Waals surface area contributed by atoms with E-state index in [1.165, 1.54) is 16.4 Å². The molecule has 4 rings (SSSR count). The number of methoxy groups -OCH3 is 1. The maximum Gasteiger partial charge on any atom is 0.247 e. The van der Waals surface area contributed by atoms with Crippen molar-refractivity contribution < 1.29 is 13.6 Å². The largest absolute Gasteiger partial charge is 0.497 e. The molecule has 3 heterocycles. The monoisotopic (exact) mass is 384 g/mol. The van der Waals surface area contributed by atoms with E-state index in [0.717, 1.165) is 22.6 Å². The fourth-order valence-electron chi connectivity index (χ4n) is 2.46. The third kappa shape index (κ3) is 3.38. The molecule has 0 aliphatic carbocycles. The van der Waals surface area contributed by atoms with Crippen LogP contribution in [0.2, 0.25) is 0 Å². The summed E-state index contributed by atoms with van der Waals surface area (Å²) in [4.78, 5) is 0. The second-order valence-corrected chi connectivity index (χ2v) is 6.53. The van der Waals surface area contributed by atoms with Gasteiger partial charge < -0.3 is 19.4 Å². The predicted octanol–water partition coefficient (Wildman–Crippen LogP) is 2.91. The summed E-state index contributed by atoms with van der Waals surface area (Å²) in [5.74, 6) is 9.46. The van der Waals surface area contributed by atoms with E-state index in [4.69, 9.17) is 19.4 Å². The van der Waals surface area contributed by atoms with Crippen LogP contribution in [0, 0.1) is 6.92 Å². The lowest BCUT2D eigenvalue weighted by molar-refractivity contribution is 0.415. The first-order valence-corrected chi connectivity index (χ1v) is 8.99. The zero-order valence-electron chi connectivity index (χ0n) is 14.6. The Labute approximate surface area is 158 Å². The Balaban J connectivity index is 1.46. The Morgan fingerprint density at radius 1 is 1.11 bits per heavy atom. The minimum atomic E-state index is 0.420. The van der Waals surface area contributed by atoms with Gasteiger partial charge in [-0.3, -0.25) is 0 Å². The highest BCUT2D eigenvalue weighted by Crippen LogP contribution is 2.27. The average Bonchev–Trinajstić information content (AvgIpc) is 3.41. The summed E-state index contributed by atoms with van der Waals surface area (Å²) >= 11 is 1.36. The molecule has 9 nitrogen and oxygen atoms in total. The first-order valence-electron chi connectivity index (χ1n) is 8.00. The van der Waals surface area contributed by atoms with Crippen LogP contribution in [-0.4, -0.2) is 32.2 Å². The van der Waals surface area contributed by atoms with Gasteiger partial charge in [-0.2, -0.15) is 0 Å². The number of aryl methyl sites for hydroxylation is 1. The summed E-state index contributed by atoms with van der Waals surface area (Å²) in [5, 5.41) is 16.9. The summed E-state index contributed by atoms with van der Waals surface area (Å²) < 4.78 is 17.6. The van der Waals surface area contributed by atoms with Gasteiger partial charge in [-0.25, -0.2) is 4.68 Å². The Kier molecular flexibility index (Phi) is 4.55. The van der Waals surface area contributed by atoms with E-state index >= 15 is 0 Å². The Morgan fingerprint density at radius 3 is 2.63 bits per heavy atom. The molecule has 4 aromatic rings. The van der Waals surface area contributed by atoms with Crippen molar-refractivity contribution in [2.75, 3.05) is 13.0 Å². The van der Waals surface area contributed by atoms with Gasteiger partial charge >= 0.3 is 0 Å². The molecule has 10 heteroatoms. The number of ether oxygens (including phenoxy) is 1. The van der Waals surface area contributed by atoms with Gasteiger partial charge in [0, 0.05) is 5.56 Å². The molecule has 0 fully saturated rings. The summed E-state index contributed by atoms with van der Waals surface area (Å²) in [5.41, 5.74) is 1.62. The van der Waals surface area contributed by atoms with Crippen molar-refractivity contribution in [1.82, 2.24) is 25.1 Å². The lowest BCUT2D eigenvalue weighted by Crippen LogP contribution is -2.11. The molecule has 3 aromatic heterocycles. The number of hydrogen-bond donors (Lipinski definition) is 1. The van der Waals surface area contributed by atoms with Crippen LogP contribution in [0.4, 0.5) is 0 Å². The van der Waals surface area contributed by atoms with Gasteiger partial charge in [0.1, 0.15) is 11.5 Å². The van der Waals surface area contributed by atoms with E-state index in [-0.39, 0.29) is 0 Å². The van der Waals surface area contributed by atoms with Crippen molar-refractivity contribution in [3.63, 3.8) is 0 Å². The van der Waals surface area contributed by atoms with Crippen LogP contribution in [0.25, 0.3) is 22.8 Å². The molecule has 0 bridgehead atoms. The second kappa shape index (κ2) is 7.16. The number of benzene rings is 1. The smallest absolute Gasteiger partial charge is 0.247 e. The fourth-order valence-corrected chi connectivity index (χ4v) is 3.16. The molecule has 0 unspecified atom stereocenters. The highest BCUT2D eigenvalue weighted by atomic mass is 32.2. The minimum Gasteiger partial charge on any atom is -0.497 e. The van der Waals surface area contributed by atoms with E-state index in [0.29, 0.717) is 28.5 Å². The first kappa shape index (κ1) is 17.2. The Hall–Kier alpha value is -3.27. The number of furan rings is 1. The van der Waals surface area contributed by atoms with Gasteiger partial charge in [0.2, 0.25) is 16.9 Å². The van der Waals surface area contributed by atoms with Crippen LogP contribution < -0.4 is 10.6 Å². The van der Waals surface area contributed by atoms with Crippen molar-refractivity contribution in [3.8, 4) is 28.6 Å². The quantitative estimate of drug-likeness (QED) is 0.395. The lowest BCUT2D eigenvalue weighted by atomic mass is 10.2. The zero-order valence-corrected chi connectivity index (χ0v) is 15.4. The molecule has 0 amide bonds. The highest BCUT2D eigenvalue weighted by Gasteiger charge is 2.17. The molecule has 2 N–H and O–H groups in total. The number of nitrogen functional groups attached to an aromatic ring is 1. The number of nitrogens with two attached hydrogens (primary N) is 1. The molecular formula is C17H16N6O3S. The average molecular weight is 384 g/mol. The molecule has 0 aliphatic rings. The molecule has 27 heavy (non-hydrogen) atoms. The van der Waals surface area contributed by atoms with Crippen molar-refractivity contribution in [1.29, 1.82) is 0 Å². The number of rotatable bonds is 6. The van der Waals surface area contributed by atoms with E-state index in [2.05, 4.69) is 20.4 Å². The van der Waals surface area contributed by atoms with Gasteiger partial charge in [-0.05, 0) is 37.3 Å². The van der Waals surface area contributed by atoms with Crippen LogP contribution in [0.1, 0.15) is 11.7 Å². The normalized spacial score (nSPS) is 11.0. The summed E-state index contributed by atoms with van der Waals surface area (Å²) in [7, 11) is 1.62. The molecule has 0 saturated heterocycles. The fraction of sp³-hybridized carbons (Fsp3) is 0.176. The lowest BCUT2D eigenvalue weighted by Gasteiger charge is -2.01. The van der Waals surface area contributed by atoms with E-state index in [9.17, 15) is 0 Å². The van der Waals surface area contributed by atoms with Crippen molar-refractivity contribution >= 4 is 11.8 Å². The minimum absolute atomic E-state index is 0.420. The molecule has 138 valence electrons. The SMILES string of the molecule is COc1ccc(-c2nnc(CSc3nnc(-c4ccoc4C)n3N)o2)cc1. The molecule has 0 aliphatic heterocycles. The van der Waals surface area contributed by atoms with Crippen LogP contribution in [0.3, 0.4) is 0 Å². The molecule has 0 saturated carbocycles. The maximum atomic E-state index is 6.10. The third-order valence-electron chi connectivity index (χ3n) is 3.89.